The molecule has 0 spiro atoms. The van der Waals surface area contributed by atoms with Crippen molar-refractivity contribution in [2.45, 2.75) is 4.90 Å². The smallest absolute Gasteiger partial charge is 0.257 e. The van der Waals surface area contributed by atoms with Gasteiger partial charge in [-0.1, -0.05) is 22.5 Å². The van der Waals surface area contributed by atoms with Crippen molar-refractivity contribution in [3.63, 3.8) is 0 Å². The molecule has 0 fully saturated rings. The van der Waals surface area contributed by atoms with Crippen LogP contribution in [0.2, 0.25) is 0 Å². The highest BCUT2D eigenvalue weighted by Crippen LogP contribution is 2.27. The third kappa shape index (κ3) is 4.25. The van der Waals surface area contributed by atoms with Crippen LogP contribution >= 0.6 is 15.9 Å². The predicted octanol–water partition coefficient (Wildman–Crippen LogP) is 2.62. The minimum Gasteiger partial charge on any atom is -0.507 e. The maximum Gasteiger partial charge on any atom is 0.257 e. The maximum atomic E-state index is 12.2. The van der Waals surface area contributed by atoms with Crippen LogP contribution in [-0.2, 0) is 10.0 Å². The summed E-state index contributed by atoms with van der Waals surface area (Å²) >= 11 is 3.24. The molecule has 0 amide bonds. The Morgan fingerprint density at radius 2 is 1.87 bits per heavy atom. The minimum atomic E-state index is -3.75. The number of hydrogen-bond acceptors (Lipinski definition) is 5. The van der Waals surface area contributed by atoms with E-state index in [1.54, 1.807) is 24.3 Å². The summed E-state index contributed by atoms with van der Waals surface area (Å²) in [5, 5.41) is 9.91. The van der Waals surface area contributed by atoms with E-state index in [-0.39, 0.29) is 16.3 Å². The van der Waals surface area contributed by atoms with Gasteiger partial charge in [-0.2, -0.15) is 0 Å². The Kier molecular flexibility index (Phi) is 5.30. The number of phenolic OH excluding ortho intramolecular Hbond substituents is 1. The van der Waals surface area contributed by atoms with Gasteiger partial charge in [0.1, 0.15) is 11.5 Å². The van der Waals surface area contributed by atoms with Crippen LogP contribution in [0.1, 0.15) is 5.56 Å². The molecular weight excluding hydrogens is 384 g/mol. The first kappa shape index (κ1) is 17.3. The van der Waals surface area contributed by atoms with Crippen LogP contribution in [0.4, 0.5) is 0 Å². The molecule has 0 radical (unpaired) electrons. The van der Waals surface area contributed by atoms with Gasteiger partial charge in [0.05, 0.1) is 17.7 Å². The lowest BCUT2D eigenvalue weighted by Crippen LogP contribution is -2.35. The quantitative estimate of drug-likeness (QED) is 0.650. The van der Waals surface area contributed by atoms with Crippen LogP contribution in [0.5, 0.6) is 11.5 Å². The van der Waals surface area contributed by atoms with Gasteiger partial charge in [-0.15, -0.1) is 4.83 Å². The molecule has 0 saturated heterocycles. The molecule has 2 aromatic carbocycles. The molecule has 0 heterocycles. The van der Waals surface area contributed by atoms with Crippen molar-refractivity contribution >= 4 is 31.7 Å². The molecule has 2 aromatic rings. The normalized spacial score (nSPS) is 11.0. The summed E-state index contributed by atoms with van der Waals surface area (Å²) in [6, 6.07) is 10.8. The van der Waals surface area contributed by atoms with Gasteiger partial charge in [0.25, 0.3) is 10.0 Å². The average molecular weight is 399 g/mol. The summed E-state index contributed by atoms with van der Waals surface area (Å²) in [7, 11) is -2.27. The van der Waals surface area contributed by atoms with Crippen molar-refractivity contribution in [1.82, 2.24) is 10.3 Å². The summed E-state index contributed by atoms with van der Waals surface area (Å²) in [5.74, 6) is 0.402. The molecule has 6 nitrogen and oxygen atoms in total. The van der Waals surface area contributed by atoms with Crippen LogP contribution in [0.15, 0.2) is 58.4 Å². The van der Waals surface area contributed by atoms with Gasteiger partial charge in [-0.3, -0.25) is 0 Å². The number of halogens is 1. The van der Waals surface area contributed by atoms with Gasteiger partial charge in [0, 0.05) is 16.1 Å². The van der Waals surface area contributed by atoms with E-state index in [0.717, 1.165) is 4.47 Å². The monoisotopic (exact) mass is 398 g/mol. The lowest BCUT2D eigenvalue weighted by atomic mass is 10.1. The van der Waals surface area contributed by atoms with E-state index in [9.17, 15) is 13.5 Å². The summed E-state index contributed by atoms with van der Waals surface area (Å²) in [5.41, 5.74) is 3.04. The second kappa shape index (κ2) is 7.03. The van der Waals surface area contributed by atoms with Crippen LogP contribution in [-0.4, -0.2) is 20.6 Å². The Bertz CT molecular complexity index is 820. The van der Waals surface area contributed by atoms with Crippen molar-refractivity contribution in [3.8, 4) is 11.5 Å². The van der Waals surface area contributed by atoms with E-state index in [1.807, 2.05) is 0 Å². The Morgan fingerprint density at radius 1 is 1.22 bits per heavy atom. The number of rotatable bonds is 6. The molecule has 0 atom stereocenters. The van der Waals surface area contributed by atoms with Gasteiger partial charge in [0.15, 0.2) is 0 Å². The van der Waals surface area contributed by atoms with Crippen LogP contribution in [0.25, 0.3) is 5.70 Å². The first-order valence-corrected chi connectivity index (χ1v) is 8.71. The maximum absolute atomic E-state index is 12.2. The number of phenols is 1. The van der Waals surface area contributed by atoms with Crippen molar-refractivity contribution < 1.29 is 18.3 Å². The Labute approximate surface area is 142 Å². The Hall–Kier alpha value is -2.03. The first-order chi connectivity index (χ1) is 10.8. The van der Waals surface area contributed by atoms with E-state index in [1.165, 1.54) is 25.3 Å². The number of hydrazine groups is 1. The highest BCUT2D eigenvalue weighted by molar-refractivity contribution is 9.10. The molecule has 0 unspecified atom stereocenters. The van der Waals surface area contributed by atoms with Gasteiger partial charge in [-0.05, 0) is 36.4 Å². The fourth-order valence-electron chi connectivity index (χ4n) is 1.76. The van der Waals surface area contributed by atoms with Crippen molar-refractivity contribution in [3.05, 3.63) is 59.1 Å². The number of sulfonamides is 1. The zero-order valence-corrected chi connectivity index (χ0v) is 14.6. The van der Waals surface area contributed by atoms with Gasteiger partial charge in [0.2, 0.25) is 0 Å². The molecule has 2 rings (SSSR count). The number of ether oxygens (including phenoxy) is 1. The molecule has 0 aliphatic carbocycles. The molecule has 0 saturated carbocycles. The largest absolute Gasteiger partial charge is 0.507 e. The molecular formula is C15H15BrN2O4S. The fourth-order valence-corrected chi connectivity index (χ4v) is 2.90. The Balaban J connectivity index is 2.10. The molecule has 8 heteroatoms. The summed E-state index contributed by atoms with van der Waals surface area (Å²) in [4.78, 5) is 2.31. The number of nitrogens with one attached hydrogen (secondary N) is 2. The molecule has 0 aliphatic heterocycles. The van der Waals surface area contributed by atoms with Gasteiger partial charge >= 0.3 is 0 Å². The van der Waals surface area contributed by atoms with E-state index >= 15 is 0 Å². The van der Waals surface area contributed by atoms with Crippen molar-refractivity contribution in [2.75, 3.05) is 7.11 Å². The van der Waals surface area contributed by atoms with Crippen LogP contribution in [0.3, 0.4) is 0 Å². The topological polar surface area (TPSA) is 87.7 Å². The summed E-state index contributed by atoms with van der Waals surface area (Å²) in [6.45, 7) is 3.71. The highest BCUT2D eigenvalue weighted by Gasteiger charge is 2.15. The molecule has 23 heavy (non-hydrogen) atoms. The van der Waals surface area contributed by atoms with Gasteiger partial charge < -0.3 is 15.3 Å². The summed E-state index contributed by atoms with van der Waals surface area (Å²) in [6.07, 6.45) is 0. The third-order valence-corrected chi connectivity index (χ3v) is 4.78. The predicted molar refractivity (Wildman–Crippen MR) is 91.3 cm³/mol. The lowest BCUT2D eigenvalue weighted by Gasteiger charge is -2.13. The van der Waals surface area contributed by atoms with E-state index in [2.05, 4.69) is 32.8 Å². The zero-order valence-electron chi connectivity index (χ0n) is 12.2. The third-order valence-electron chi connectivity index (χ3n) is 2.99. The van der Waals surface area contributed by atoms with E-state index < -0.39 is 10.0 Å². The minimum absolute atomic E-state index is 0.0790. The number of methoxy groups -OCH3 is 1. The molecule has 122 valence electrons. The number of benzene rings is 2. The SMILES string of the molecule is C=C(NNS(=O)(=O)c1ccc(Br)cc1)c1ccc(OC)cc1O. The second-order valence-electron chi connectivity index (χ2n) is 4.55. The van der Waals surface area contributed by atoms with Crippen molar-refractivity contribution in [2.24, 2.45) is 0 Å². The first-order valence-electron chi connectivity index (χ1n) is 6.43. The van der Waals surface area contributed by atoms with Crippen LogP contribution in [0, 0.1) is 0 Å². The zero-order chi connectivity index (χ0) is 17.0. The standard InChI is InChI=1S/C15H15BrN2O4S/c1-10(14-8-5-12(22-2)9-15(14)19)17-18-23(20,21)13-6-3-11(16)4-7-13/h3-9,17-19H,1H2,2H3. The second-order valence-corrected chi connectivity index (χ2v) is 7.14. The molecule has 0 bridgehead atoms. The summed E-state index contributed by atoms with van der Waals surface area (Å²) < 4.78 is 30.1. The lowest BCUT2D eigenvalue weighted by molar-refractivity contribution is 0.407. The molecule has 0 aliphatic rings. The Morgan fingerprint density at radius 3 is 2.43 bits per heavy atom. The van der Waals surface area contributed by atoms with E-state index in [4.69, 9.17) is 4.74 Å². The average Bonchev–Trinajstić information content (AvgIpc) is 2.53. The van der Waals surface area contributed by atoms with Gasteiger partial charge in [-0.25, -0.2) is 8.42 Å². The van der Waals surface area contributed by atoms with E-state index in [0.29, 0.717) is 11.3 Å². The molecule has 0 aromatic heterocycles. The van der Waals surface area contributed by atoms with Crippen molar-refractivity contribution in [1.29, 1.82) is 0 Å². The number of aromatic hydroxyl groups is 1. The highest BCUT2D eigenvalue weighted by atomic mass is 79.9. The molecule has 3 N–H and O–H groups in total. The number of hydrogen-bond donors (Lipinski definition) is 3. The van der Waals surface area contributed by atoms with Crippen LogP contribution < -0.4 is 15.0 Å². The fraction of sp³-hybridized carbons (Fsp3) is 0.0667.